The number of hydrogen-bond acceptors (Lipinski definition) is 2. The molecule has 0 heterocycles. The largest absolute Gasteiger partial charge is 0.366 e. The van der Waals surface area contributed by atoms with Crippen LogP contribution in [0, 0.1) is 6.92 Å². The van der Waals surface area contributed by atoms with Gasteiger partial charge >= 0.3 is 6.03 Å². The van der Waals surface area contributed by atoms with Crippen LogP contribution in [0.1, 0.15) is 48.0 Å². The highest BCUT2D eigenvalue weighted by Crippen LogP contribution is 2.19. The molecule has 0 fully saturated rings. The number of anilines is 1. The van der Waals surface area contributed by atoms with Gasteiger partial charge in [0.15, 0.2) is 0 Å². The van der Waals surface area contributed by atoms with Crippen LogP contribution in [0.4, 0.5) is 10.5 Å². The number of rotatable bonds is 5. The highest BCUT2D eigenvalue weighted by Gasteiger charge is 2.08. The molecular weight excluding hydrogens is 278 g/mol. The van der Waals surface area contributed by atoms with Gasteiger partial charge in [-0.1, -0.05) is 17.7 Å². The highest BCUT2D eigenvalue weighted by atomic mass is 16.2. The maximum Gasteiger partial charge on any atom is 0.319 e. The molecule has 5 nitrogen and oxygen atoms in total. The molecule has 3 amide bonds. The summed E-state index contributed by atoms with van der Waals surface area (Å²) in [6.45, 7) is 2.42. The second-order valence-electron chi connectivity index (χ2n) is 5.63. The maximum absolute atomic E-state index is 11.9. The molecule has 0 radical (unpaired) electrons. The Kier molecular flexibility index (Phi) is 5.58. The molecule has 0 saturated carbocycles. The van der Waals surface area contributed by atoms with E-state index in [-0.39, 0.29) is 6.03 Å². The SMILES string of the molecule is Cc1ccc(NC(=O)NCCC2=CCCCC2)cc1C(N)=O. The topological polar surface area (TPSA) is 84.2 Å². The van der Waals surface area contributed by atoms with E-state index in [1.807, 2.05) is 6.92 Å². The number of urea groups is 1. The third kappa shape index (κ3) is 4.62. The van der Waals surface area contributed by atoms with Gasteiger partial charge in [-0.25, -0.2) is 4.79 Å². The van der Waals surface area contributed by atoms with Crippen molar-refractivity contribution in [1.29, 1.82) is 0 Å². The summed E-state index contributed by atoms with van der Waals surface area (Å²) in [7, 11) is 0. The number of primary amides is 1. The number of nitrogens with one attached hydrogen (secondary N) is 2. The molecule has 0 spiro atoms. The number of nitrogens with two attached hydrogens (primary N) is 1. The first-order valence-electron chi connectivity index (χ1n) is 7.69. The van der Waals surface area contributed by atoms with Gasteiger partial charge < -0.3 is 16.4 Å². The molecule has 1 aromatic rings. The van der Waals surface area contributed by atoms with Gasteiger partial charge in [-0.05, 0) is 56.7 Å². The molecule has 2 rings (SSSR count). The van der Waals surface area contributed by atoms with E-state index in [0.29, 0.717) is 17.8 Å². The fourth-order valence-electron chi connectivity index (χ4n) is 2.61. The molecule has 1 aliphatic carbocycles. The molecule has 118 valence electrons. The van der Waals surface area contributed by atoms with Crippen molar-refractivity contribution in [3.63, 3.8) is 0 Å². The van der Waals surface area contributed by atoms with Crippen molar-refractivity contribution in [1.82, 2.24) is 5.32 Å². The van der Waals surface area contributed by atoms with E-state index >= 15 is 0 Å². The summed E-state index contributed by atoms with van der Waals surface area (Å²) in [5.74, 6) is -0.495. The molecule has 0 bridgehead atoms. The van der Waals surface area contributed by atoms with E-state index in [2.05, 4.69) is 16.7 Å². The zero-order valence-electron chi connectivity index (χ0n) is 12.9. The third-order valence-corrected chi connectivity index (χ3v) is 3.88. The van der Waals surface area contributed by atoms with E-state index in [9.17, 15) is 9.59 Å². The average molecular weight is 301 g/mol. The quantitative estimate of drug-likeness (QED) is 0.730. The number of hydrogen-bond donors (Lipinski definition) is 3. The molecule has 0 saturated heterocycles. The van der Waals surface area contributed by atoms with Gasteiger partial charge in [0.25, 0.3) is 0 Å². The van der Waals surface area contributed by atoms with Crippen molar-refractivity contribution in [2.75, 3.05) is 11.9 Å². The van der Waals surface area contributed by atoms with Crippen molar-refractivity contribution in [2.24, 2.45) is 5.73 Å². The molecule has 4 N–H and O–H groups in total. The first-order chi connectivity index (χ1) is 10.6. The molecule has 1 aromatic carbocycles. The molecule has 0 unspecified atom stereocenters. The second kappa shape index (κ2) is 7.64. The number of carbonyl (C=O) groups excluding carboxylic acids is 2. The number of benzene rings is 1. The Labute approximate surface area is 131 Å². The lowest BCUT2D eigenvalue weighted by atomic mass is 9.97. The van der Waals surface area contributed by atoms with Crippen LogP contribution in [0.3, 0.4) is 0 Å². The Bertz CT molecular complexity index is 594. The highest BCUT2D eigenvalue weighted by molar-refractivity contribution is 5.97. The van der Waals surface area contributed by atoms with Gasteiger partial charge in [0, 0.05) is 17.8 Å². The summed E-state index contributed by atoms with van der Waals surface area (Å²) >= 11 is 0. The molecule has 1 aliphatic rings. The van der Waals surface area contributed by atoms with Gasteiger partial charge in [0.2, 0.25) is 5.91 Å². The Hall–Kier alpha value is -2.30. The average Bonchev–Trinajstić information content (AvgIpc) is 2.50. The minimum Gasteiger partial charge on any atom is -0.366 e. The summed E-state index contributed by atoms with van der Waals surface area (Å²) in [5.41, 5.74) is 8.51. The normalized spacial score (nSPS) is 14.1. The van der Waals surface area contributed by atoms with Gasteiger partial charge in [-0.3, -0.25) is 4.79 Å². The lowest BCUT2D eigenvalue weighted by molar-refractivity contribution is 0.0999. The summed E-state index contributed by atoms with van der Waals surface area (Å²) in [4.78, 5) is 23.2. The maximum atomic E-state index is 11.9. The van der Waals surface area contributed by atoms with E-state index < -0.39 is 5.91 Å². The van der Waals surface area contributed by atoms with Gasteiger partial charge in [-0.15, -0.1) is 0 Å². The lowest BCUT2D eigenvalue weighted by Gasteiger charge is -2.13. The first-order valence-corrected chi connectivity index (χ1v) is 7.69. The predicted molar refractivity (Wildman–Crippen MR) is 87.9 cm³/mol. The Morgan fingerprint density at radius 2 is 2.09 bits per heavy atom. The summed E-state index contributed by atoms with van der Waals surface area (Å²) in [6.07, 6.45) is 7.99. The molecule has 0 aliphatic heterocycles. The molecular formula is C17H23N3O2. The van der Waals surface area contributed by atoms with E-state index in [4.69, 9.17) is 5.73 Å². The van der Waals surface area contributed by atoms with Crippen LogP contribution in [0.2, 0.25) is 0 Å². The van der Waals surface area contributed by atoms with Crippen molar-refractivity contribution < 1.29 is 9.59 Å². The van der Waals surface area contributed by atoms with Crippen LogP contribution < -0.4 is 16.4 Å². The standard InChI is InChI=1S/C17H23N3O2/c1-12-7-8-14(11-15(12)16(18)21)20-17(22)19-10-9-13-5-3-2-4-6-13/h5,7-8,11H,2-4,6,9-10H2,1H3,(H2,18,21)(H2,19,20,22). The van der Waals surface area contributed by atoms with Crippen LogP contribution in [-0.4, -0.2) is 18.5 Å². The predicted octanol–water partition coefficient (Wildman–Crippen LogP) is 3.11. The molecule has 0 aromatic heterocycles. The zero-order chi connectivity index (χ0) is 15.9. The van der Waals surface area contributed by atoms with Gasteiger partial charge in [0.1, 0.15) is 0 Å². The van der Waals surface area contributed by atoms with Crippen molar-refractivity contribution in [2.45, 2.75) is 39.0 Å². The van der Waals surface area contributed by atoms with Crippen LogP contribution in [-0.2, 0) is 0 Å². The Morgan fingerprint density at radius 3 is 2.77 bits per heavy atom. The molecule has 22 heavy (non-hydrogen) atoms. The summed E-state index contributed by atoms with van der Waals surface area (Å²) in [6, 6.07) is 4.85. The zero-order valence-corrected chi connectivity index (χ0v) is 12.9. The Morgan fingerprint density at radius 1 is 1.27 bits per heavy atom. The number of amides is 3. The number of allylic oxidation sites excluding steroid dienone is 1. The smallest absolute Gasteiger partial charge is 0.319 e. The minimum atomic E-state index is -0.495. The van der Waals surface area contributed by atoms with Crippen molar-refractivity contribution in [3.05, 3.63) is 41.0 Å². The Balaban J connectivity index is 1.83. The lowest BCUT2D eigenvalue weighted by Crippen LogP contribution is -2.30. The first kappa shape index (κ1) is 16.1. The van der Waals surface area contributed by atoms with E-state index in [1.54, 1.807) is 18.2 Å². The molecule has 0 atom stereocenters. The fourth-order valence-corrected chi connectivity index (χ4v) is 2.61. The van der Waals surface area contributed by atoms with Crippen molar-refractivity contribution >= 4 is 17.6 Å². The number of aryl methyl sites for hydroxylation is 1. The monoisotopic (exact) mass is 301 g/mol. The summed E-state index contributed by atoms with van der Waals surface area (Å²) < 4.78 is 0. The van der Waals surface area contributed by atoms with E-state index in [1.165, 1.54) is 18.4 Å². The summed E-state index contributed by atoms with van der Waals surface area (Å²) in [5, 5.41) is 5.56. The van der Waals surface area contributed by atoms with Crippen LogP contribution in [0.15, 0.2) is 29.8 Å². The molecule has 5 heteroatoms. The fraction of sp³-hybridized carbons (Fsp3) is 0.412. The van der Waals surface area contributed by atoms with Gasteiger partial charge in [-0.2, -0.15) is 0 Å². The van der Waals surface area contributed by atoms with Crippen molar-refractivity contribution in [3.8, 4) is 0 Å². The minimum absolute atomic E-state index is 0.268. The van der Waals surface area contributed by atoms with Crippen LogP contribution in [0.25, 0.3) is 0 Å². The van der Waals surface area contributed by atoms with Crippen LogP contribution in [0.5, 0.6) is 0 Å². The second-order valence-corrected chi connectivity index (χ2v) is 5.63. The van der Waals surface area contributed by atoms with Gasteiger partial charge in [0.05, 0.1) is 0 Å². The van der Waals surface area contributed by atoms with E-state index in [0.717, 1.165) is 24.8 Å². The number of carbonyl (C=O) groups is 2. The third-order valence-electron chi connectivity index (χ3n) is 3.88. The van der Waals surface area contributed by atoms with Crippen LogP contribution >= 0.6 is 0 Å².